The fourth-order valence-electron chi connectivity index (χ4n) is 3.22. The van der Waals surface area contributed by atoms with Gasteiger partial charge in [-0.2, -0.15) is 5.26 Å². The number of ether oxygens (including phenoxy) is 1. The first-order valence-corrected chi connectivity index (χ1v) is 10.9. The lowest BCUT2D eigenvalue weighted by Gasteiger charge is -2.36. The van der Waals surface area contributed by atoms with Crippen molar-refractivity contribution >= 4 is 46.8 Å². The zero-order chi connectivity index (χ0) is 25.7. The molecule has 0 aromatic carbocycles. The molecule has 178 valence electrons. The molecule has 0 saturated heterocycles. The predicted molar refractivity (Wildman–Crippen MR) is 136 cm³/mol. The van der Waals surface area contributed by atoms with Crippen LogP contribution in [0.15, 0.2) is 24.5 Å². The van der Waals surface area contributed by atoms with Crippen LogP contribution in [0.2, 0.25) is 0 Å². The molecule has 0 saturated carbocycles. The van der Waals surface area contributed by atoms with E-state index in [2.05, 4.69) is 25.9 Å². The van der Waals surface area contributed by atoms with E-state index in [0.29, 0.717) is 5.69 Å². The maximum Gasteiger partial charge on any atom is 0.255 e. The first kappa shape index (κ1) is 27.1. The van der Waals surface area contributed by atoms with E-state index in [-0.39, 0.29) is 35.3 Å². The Morgan fingerprint density at radius 3 is 2.47 bits per heavy atom. The molecular formula is C21H29B3F2N6O2. The number of pyridine rings is 2. The van der Waals surface area contributed by atoms with E-state index in [1.165, 1.54) is 18.5 Å². The highest BCUT2D eigenvalue weighted by molar-refractivity contribution is 6.58. The van der Waals surface area contributed by atoms with Crippen LogP contribution in [0.1, 0.15) is 43.6 Å². The summed E-state index contributed by atoms with van der Waals surface area (Å²) in [5.74, 6) is -1.10. The number of hydrogen-bond acceptors (Lipinski definition) is 7. The molecule has 0 bridgehead atoms. The molecule has 3 N–H and O–H groups in total. The van der Waals surface area contributed by atoms with Crippen molar-refractivity contribution in [3.8, 4) is 6.07 Å². The van der Waals surface area contributed by atoms with Crippen LogP contribution in [0.4, 0.5) is 26.1 Å². The normalized spacial score (nSPS) is 12.6. The smallest absolute Gasteiger partial charge is 0.255 e. The van der Waals surface area contributed by atoms with Crippen LogP contribution in [0.25, 0.3) is 0 Å². The van der Waals surface area contributed by atoms with Gasteiger partial charge in [0.15, 0.2) is 11.6 Å². The van der Waals surface area contributed by atoms with Crippen LogP contribution in [0.3, 0.4) is 0 Å². The fourth-order valence-corrected chi connectivity index (χ4v) is 3.22. The Labute approximate surface area is 201 Å². The summed E-state index contributed by atoms with van der Waals surface area (Å²) in [4.78, 5) is 20.9. The van der Waals surface area contributed by atoms with Crippen molar-refractivity contribution in [2.45, 2.75) is 50.8 Å². The minimum Gasteiger partial charge on any atom is -0.392 e. The number of nitrogens with zero attached hydrogens (tertiary/aromatic N) is 3. The Hall–Kier alpha value is -3.13. The minimum absolute atomic E-state index is 0.0281. The van der Waals surface area contributed by atoms with Crippen LogP contribution < -0.4 is 16.0 Å². The third-order valence-electron chi connectivity index (χ3n) is 4.57. The highest BCUT2D eigenvalue weighted by atomic mass is 19.1. The topological polar surface area (TPSA) is 112 Å². The van der Waals surface area contributed by atoms with Crippen molar-refractivity contribution in [1.29, 1.82) is 5.26 Å². The molecule has 0 aliphatic rings. The van der Waals surface area contributed by atoms with E-state index in [4.69, 9.17) is 10.00 Å². The third-order valence-corrected chi connectivity index (χ3v) is 4.57. The van der Waals surface area contributed by atoms with Crippen LogP contribution in [0.5, 0.6) is 0 Å². The lowest BCUT2D eigenvalue weighted by atomic mass is 9.52. The summed E-state index contributed by atoms with van der Waals surface area (Å²) >= 11 is 0. The molecule has 1 atom stereocenters. The second-order valence-corrected chi connectivity index (χ2v) is 9.70. The molecule has 0 fully saturated rings. The number of anilines is 3. The molecule has 0 aliphatic heterocycles. The average Bonchev–Trinajstić information content (AvgIpc) is 2.71. The van der Waals surface area contributed by atoms with Gasteiger partial charge in [0.2, 0.25) is 0 Å². The van der Waals surface area contributed by atoms with Gasteiger partial charge < -0.3 is 20.7 Å². The Bertz CT molecular complexity index is 1070. The summed E-state index contributed by atoms with van der Waals surface area (Å²) in [6.07, 6.45) is 1.10. The van der Waals surface area contributed by atoms with E-state index < -0.39 is 28.8 Å². The first-order valence-electron chi connectivity index (χ1n) is 10.9. The van der Waals surface area contributed by atoms with Crippen molar-refractivity contribution in [2.75, 3.05) is 17.2 Å². The van der Waals surface area contributed by atoms with Gasteiger partial charge in [-0.3, -0.25) is 4.79 Å². The van der Waals surface area contributed by atoms with E-state index in [1.54, 1.807) is 13.8 Å². The number of aromatic nitrogens is 2. The summed E-state index contributed by atoms with van der Waals surface area (Å²) in [6, 6.07) is 4.38. The minimum atomic E-state index is -1.45. The zero-order valence-electron chi connectivity index (χ0n) is 20.6. The summed E-state index contributed by atoms with van der Waals surface area (Å²) in [7, 11) is 5.51. The maximum absolute atomic E-state index is 14.9. The standard InChI is InChI=1S/C21H29B3F2N6O2/c1-11(2)31-15-6-17(32-18-14(25)5-12(7-27)8-29-18)28-9-13(15)19(33)30-10-16(26)20(3,4)34-21(22,23)24/h5-6,8-9,11,16H,10,22-24H2,1-4H3,(H,30,33)(H2,28,29,31,32)/t16-/m1/s1. The Balaban J connectivity index is 2.19. The van der Waals surface area contributed by atoms with Crippen molar-refractivity contribution in [2.24, 2.45) is 0 Å². The van der Waals surface area contributed by atoms with Crippen LogP contribution in [0, 0.1) is 17.1 Å². The van der Waals surface area contributed by atoms with Gasteiger partial charge in [-0.05, 0) is 39.1 Å². The van der Waals surface area contributed by atoms with Gasteiger partial charge in [0.25, 0.3) is 5.91 Å². The van der Waals surface area contributed by atoms with Gasteiger partial charge in [-0.15, -0.1) is 0 Å². The number of carbonyl (C=O) groups is 1. The Kier molecular flexibility index (Phi) is 8.67. The fraction of sp³-hybridized carbons (Fsp3) is 0.429. The number of rotatable bonds is 10. The van der Waals surface area contributed by atoms with Crippen molar-refractivity contribution in [3.05, 3.63) is 41.5 Å². The molecule has 0 spiro atoms. The second kappa shape index (κ2) is 10.9. The predicted octanol–water partition coefficient (Wildman–Crippen LogP) is 0.425. The summed E-state index contributed by atoms with van der Waals surface area (Å²) < 4.78 is 34.8. The number of hydrogen-bond donors (Lipinski definition) is 3. The van der Waals surface area contributed by atoms with Gasteiger partial charge in [0.1, 0.15) is 41.6 Å². The van der Waals surface area contributed by atoms with Crippen molar-refractivity contribution < 1.29 is 18.3 Å². The largest absolute Gasteiger partial charge is 0.392 e. The number of halogens is 2. The molecule has 13 heteroatoms. The molecule has 8 nitrogen and oxygen atoms in total. The SMILES string of the molecule is BC(B)(B)OC(C)(C)[C@H](F)CNC(=O)c1cnc(Nc2ncc(C#N)cc2F)cc1NC(C)C. The summed E-state index contributed by atoms with van der Waals surface area (Å²) in [5.41, 5.74) is -0.379. The van der Waals surface area contributed by atoms with Gasteiger partial charge in [0, 0.05) is 24.5 Å². The van der Waals surface area contributed by atoms with Gasteiger partial charge in [-0.1, -0.05) is 0 Å². The molecular weight excluding hydrogens is 439 g/mol. The quantitative estimate of drug-likeness (QED) is 0.434. The Morgan fingerprint density at radius 2 is 1.91 bits per heavy atom. The number of nitriles is 1. The molecule has 34 heavy (non-hydrogen) atoms. The van der Waals surface area contributed by atoms with Crippen LogP contribution in [-0.2, 0) is 4.74 Å². The molecule has 0 aliphatic carbocycles. The Morgan fingerprint density at radius 1 is 1.24 bits per heavy atom. The molecule has 0 unspecified atom stereocenters. The van der Waals surface area contributed by atoms with Gasteiger partial charge >= 0.3 is 0 Å². The lowest BCUT2D eigenvalue weighted by Crippen LogP contribution is -2.51. The van der Waals surface area contributed by atoms with E-state index in [0.717, 1.165) is 6.07 Å². The van der Waals surface area contributed by atoms with Crippen molar-refractivity contribution in [3.63, 3.8) is 0 Å². The van der Waals surface area contributed by atoms with Gasteiger partial charge in [0.05, 0.1) is 29.0 Å². The van der Waals surface area contributed by atoms with Crippen LogP contribution >= 0.6 is 0 Å². The number of amides is 1. The lowest BCUT2D eigenvalue weighted by molar-refractivity contribution is -0.0753. The van der Waals surface area contributed by atoms with Gasteiger partial charge in [-0.25, -0.2) is 18.7 Å². The number of nitrogens with one attached hydrogen (secondary N) is 3. The van der Waals surface area contributed by atoms with Crippen molar-refractivity contribution in [1.82, 2.24) is 15.3 Å². The highest BCUT2D eigenvalue weighted by Gasteiger charge is 2.34. The first-order chi connectivity index (χ1) is 15.7. The maximum atomic E-state index is 14.9. The molecule has 0 radical (unpaired) electrons. The molecule has 2 heterocycles. The summed E-state index contributed by atoms with van der Waals surface area (Å²) in [5, 5.41) is 16.8. The molecule has 2 aromatic heterocycles. The van der Waals surface area contributed by atoms with E-state index >= 15 is 0 Å². The highest BCUT2D eigenvalue weighted by Crippen LogP contribution is 2.24. The second-order valence-electron chi connectivity index (χ2n) is 9.70. The molecule has 2 aromatic rings. The summed E-state index contributed by atoms with van der Waals surface area (Å²) in [6.45, 7) is 6.81. The van der Waals surface area contributed by atoms with Crippen LogP contribution in [-0.4, -0.2) is 69.1 Å². The number of alkyl halides is 1. The zero-order valence-corrected chi connectivity index (χ0v) is 20.6. The third kappa shape index (κ3) is 7.73. The monoisotopic (exact) mass is 468 g/mol. The van der Waals surface area contributed by atoms with E-state index in [1.807, 2.05) is 43.5 Å². The number of carbonyl (C=O) groups excluding carboxylic acids is 1. The van der Waals surface area contributed by atoms with E-state index in [9.17, 15) is 13.6 Å². The molecule has 2 rings (SSSR count). The molecule has 1 amide bonds. The average molecular weight is 468 g/mol.